The van der Waals surface area contributed by atoms with Crippen LogP contribution >= 0.6 is 0 Å². The van der Waals surface area contributed by atoms with Crippen molar-refractivity contribution in [3.05, 3.63) is 0 Å². The van der Waals surface area contributed by atoms with E-state index < -0.39 is 0 Å². The van der Waals surface area contributed by atoms with E-state index in [2.05, 4.69) is 13.8 Å². The van der Waals surface area contributed by atoms with E-state index in [4.69, 9.17) is 0 Å². The van der Waals surface area contributed by atoms with Crippen molar-refractivity contribution >= 4 is 11.8 Å². The van der Waals surface area contributed by atoms with Gasteiger partial charge in [-0.1, -0.05) is 20.8 Å². The molecule has 2 amide bonds. The number of carbonyl (C=O) groups is 2. The minimum absolute atomic E-state index is 0.257. The summed E-state index contributed by atoms with van der Waals surface area (Å²) in [5.41, 5.74) is 0. The van der Waals surface area contributed by atoms with E-state index in [1.807, 2.05) is 16.7 Å². The summed E-state index contributed by atoms with van der Waals surface area (Å²) < 4.78 is 0. The van der Waals surface area contributed by atoms with Gasteiger partial charge < -0.3 is 9.80 Å². The van der Waals surface area contributed by atoms with Crippen LogP contribution < -0.4 is 0 Å². The molecule has 2 fully saturated rings. The van der Waals surface area contributed by atoms with Crippen LogP contribution in [0.15, 0.2) is 0 Å². The zero-order valence-corrected chi connectivity index (χ0v) is 14.5. The van der Waals surface area contributed by atoms with E-state index in [1.165, 1.54) is 0 Å². The first-order valence-corrected chi connectivity index (χ1v) is 9.05. The van der Waals surface area contributed by atoms with Gasteiger partial charge in [-0.2, -0.15) is 0 Å². The van der Waals surface area contributed by atoms with E-state index in [1.54, 1.807) is 0 Å². The molecule has 0 bridgehead atoms. The standard InChI is InChI=1S/C18H32N2O2/c1-4-17(21)20-12-15(3)11-16(13-20)5-6-18(22)19-9-7-14(2)8-10-19/h14-16H,4-13H2,1-3H3. The van der Waals surface area contributed by atoms with Gasteiger partial charge in [-0.3, -0.25) is 9.59 Å². The summed E-state index contributed by atoms with van der Waals surface area (Å²) in [5, 5.41) is 0. The maximum atomic E-state index is 12.3. The van der Waals surface area contributed by atoms with Gasteiger partial charge >= 0.3 is 0 Å². The van der Waals surface area contributed by atoms with Crippen LogP contribution in [0.25, 0.3) is 0 Å². The number of hydrogen-bond acceptors (Lipinski definition) is 2. The predicted molar refractivity (Wildman–Crippen MR) is 88.4 cm³/mol. The number of amides is 2. The second-order valence-electron chi connectivity index (χ2n) is 7.46. The average Bonchev–Trinajstić information content (AvgIpc) is 2.52. The third-order valence-corrected chi connectivity index (χ3v) is 5.30. The highest BCUT2D eigenvalue weighted by molar-refractivity contribution is 5.76. The molecule has 2 aliphatic rings. The number of piperidine rings is 2. The van der Waals surface area contributed by atoms with Gasteiger partial charge in [-0.25, -0.2) is 0 Å². The lowest BCUT2D eigenvalue weighted by Crippen LogP contribution is -2.43. The molecule has 2 heterocycles. The molecule has 0 aromatic carbocycles. The van der Waals surface area contributed by atoms with E-state index >= 15 is 0 Å². The van der Waals surface area contributed by atoms with Crippen LogP contribution in [0.2, 0.25) is 0 Å². The van der Waals surface area contributed by atoms with E-state index in [0.29, 0.717) is 30.6 Å². The minimum Gasteiger partial charge on any atom is -0.343 e. The molecule has 0 saturated carbocycles. The fourth-order valence-corrected chi connectivity index (χ4v) is 3.86. The highest BCUT2D eigenvalue weighted by Crippen LogP contribution is 2.26. The molecule has 126 valence electrons. The Morgan fingerprint density at radius 2 is 1.64 bits per heavy atom. The molecule has 4 nitrogen and oxygen atoms in total. The monoisotopic (exact) mass is 308 g/mol. The van der Waals surface area contributed by atoms with E-state index in [9.17, 15) is 9.59 Å². The number of likely N-dealkylation sites (tertiary alicyclic amines) is 2. The van der Waals surface area contributed by atoms with Crippen molar-refractivity contribution in [2.45, 2.75) is 59.3 Å². The van der Waals surface area contributed by atoms with Gasteiger partial charge in [0.15, 0.2) is 0 Å². The second kappa shape index (κ2) is 7.98. The first-order valence-electron chi connectivity index (χ1n) is 9.05. The SMILES string of the molecule is CCC(=O)N1CC(C)CC(CCC(=O)N2CCC(C)CC2)C1. The first-order chi connectivity index (χ1) is 10.5. The van der Waals surface area contributed by atoms with Crippen molar-refractivity contribution in [1.82, 2.24) is 9.80 Å². The molecule has 0 aromatic rings. The molecule has 0 spiro atoms. The van der Waals surface area contributed by atoms with Gasteiger partial charge in [-0.05, 0) is 43.4 Å². The summed E-state index contributed by atoms with van der Waals surface area (Å²) >= 11 is 0. The molecule has 2 atom stereocenters. The second-order valence-corrected chi connectivity index (χ2v) is 7.46. The van der Waals surface area contributed by atoms with Crippen LogP contribution in [0.5, 0.6) is 0 Å². The third-order valence-electron chi connectivity index (χ3n) is 5.30. The van der Waals surface area contributed by atoms with Crippen molar-refractivity contribution < 1.29 is 9.59 Å². The van der Waals surface area contributed by atoms with Gasteiger partial charge in [0.25, 0.3) is 0 Å². The molecule has 0 aliphatic carbocycles. The van der Waals surface area contributed by atoms with Crippen molar-refractivity contribution in [3.8, 4) is 0 Å². The fourth-order valence-electron chi connectivity index (χ4n) is 3.86. The summed E-state index contributed by atoms with van der Waals surface area (Å²) in [7, 11) is 0. The average molecular weight is 308 g/mol. The van der Waals surface area contributed by atoms with E-state index in [0.717, 1.165) is 57.8 Å². The molecular formula is C18H32N2O2. The van der Waals surface area contributed by atoms with Crippen molar-refractivity contribution in [2.24, 2.45) is 17.8 Å². The largest absolute Gasteiger partial charge is 0.343 e. The van der Waals surface area contributed by atoms with Gasteiger partial charge in [0.05, 0.1) is 0 Å². The maximum absolute atomic E-state index is 12.3. The summed E-state index contributed by atoms with van der Waals surface area (Å²) in [6.07, 6.45) is 5.61. The van der Waals surface area contributed by atoms with E-state index in [-0.39, 0.29) is 5.91 Å². The van der Waals surface area contributed by atoms with Crippen molar-refractivity contribution in [3.63, 3.8) is 0 Å². The quantitative estimate of drug-likeness (QED) is 0.801. The summed E-state index contributed by atoms with van der Waals surface area (Å²) in [6, 6.07) is 0. The van der Waals surface area contributed by atoms with Crippen molar-refractivity contribution in [1.29, 1.82) is 0 Å². The molecule has 0 N–H and O–H groups in total. The summed E-state index contributed by atoms with van der Waals surface area (Å²) in [5.74, 6) is 2.38. The lowest BCUT2D eigenvalue weighted by atomic mass is 9.87. The number of carbonyl (C=O) groups excluding carboxylic acids is 2. The highest BCUT2D eigenvalue weighted by atomic mass is 16.2. The van der Waals surface area contributed by atoms with Crippen LogP contribution in [0, 0.1) is 17.8 Å². The molecule has 22 heavy (non-hydrogen) atoms. The van der Waals surface area contributed by atoms with Crippen LogP contribution in [0.3, 0.4) is 0 Å². The number of nitrogens with zero attached hydrogens (tertiary/aromatic N) is 2. The molecule has 2 saturated heterocycles. The van der Waals surface area contributed by atoms with Crippen molar-refractivity contribution in [2.75, 3.05) is 26.2 Å². The molecular weight excluding hydrogens is 276 g/mol. The van der Waals surface area contributed by atoms with Gasteiger partial charge in [0.2, 0.25) is 11.8 Å². The zero-order chi connectivity index (χ0) is 16.1. The Morgan fingerprint density at radius 1 is 0.955 bits per heavy atom. The Balaban J connectivity index is 1.77. The van der Waals surface area contributed by atoms with Crippen LogP contribution in [0.1, 0.15) is 59.3 Å². The summed E-state index contributed by atoms with van der Waals surface area (Å²) in [6.45, 7) is 10.0. The minimum atomic E-state index is 0.257. The Morgan fingerprint density at radius 3 is 2.27 bits per heavy atom. The number of rotatable bonds is 4. The molecule has 0 radical (unpaired) electrons. The Kier molecular flexibility index (Phi) is 6.27. The first kappa shape index (κ1) is 17.3. The lowest BCUT2D eigenvalue weighted by Gasteiger charge is -2.37. The molecule has 4 heteroatoms. The third kappa shape index (κ3) is 4.72. The number of hydrogen-bond donors (Lipinski definition) is 0. The van der Waals surface area contributed by atoms with Gasteiger partial charge in [0.1, 0.15) is 0 Å². The van der Waals surface area contributed by atoms with Gasteiger partial charge in [-0.15, -0.1) is 0 Å². The highest BCUT2D eigenvalue weighted by Gasteiger charge is 2.28. The predicted octanol–water partition coefficient (Wildman–Crippen LogP) is 2.92. The Bertz CT molecular complexity index is 389. The normalized spacial score (nSPS) is 27.0. The zero-order valence-electron chi connectivity index (χ0n) is 14.5. The van der Waals surface area contributed by atoms with Crippen LogP contribution in [-0.2, 0) is 9.59 Å². The Hall–Kier alpha value is -1.06. The topological polar surface area (TPSA) is 40.6 Å². The van der Waals surface area contributed by atoms with Crippen LogP contribution in [0.4, 0.5) is 0 Å². The van der Waals surface area contributed by atoms with Gasteiger partial charge in [0, 0.05) is 39.0 Å². The lowest BCUT2D eigenvalue weighted by molar-refractivity contribution is -0.134. The maximum Gasteiger partial charge on any atom is 0.222 e. The molecule has 0 aromatic heterocycles. The fraction of sp³-hybridized carbons (Fsp3) is 0.889. The molecule has 2 unspecified atom stereocenters. The smallest absolute Gasteiger partial charge is 0.222 e. The molecule has 2 rings (SSSR count). The summed E-state index contributed by atoms with van der Waals surface area (Å²) in [4.78, 5) is 28.3. The van der Waals surface area contributed by atoms with Crippen LogP contribution in [-0.4, -0.2) is 47.8 Å². The Labute approximate surface area is 135 Å². The molecule has 2 aliphatic heterocycles.